The van der Waals surface area contributed by atoms with Crippen molar-refractivity contribution in [3.05, 3.63) is 52.6 Å². The minimum absolute atomic E-state index is 0.206. The van der Waals surface area contributed by atoms with E-state index in [0.717, 1.165) is 36.0 Å². The number of hydrogen-bond acceptors (Lipinski definition) is 4. The summed E-state index contributed by atoms with van der Waals surface area (Å²) in [6, 6.07) is 8.68. The van der Waals surface area contributed by atoms with Gasteiger partial charge in [-0.25, -0.2) is 8.42 Å². The van der Waals surface area contributed by atoms with Crippen molar-refractivity contribution in [2.45, 2.75) is 76.5 Å². The molecule has 0 saturated carbocycles. The van der Waals surface area contributed by atoms with Crippen molar-refractivity contribution in [1.82, 2.24) is 4.31 Å². The van der Waals surface area contributed by atoms with Crippen LogP contribution in [-0.2, 0) is 25.6 Å². The van der Waals surface area contributed by atoms with Gasteiger partial charge in [-0.05, 0) is 65.6 Å². The third-order valence-electron chi connectivity index (χ3n) is 6.79. The van der Waals surface area contributed by atoms with Crippen molar-refractivity contribution >= 4 is 33.3 Å². The summed E-state index contributed by atoms with van der Waals surface area (Å²) in [6.07, 6.45) is 4.56. The Bertz CT molecular complexity index is 1270. The number of amides is 1. The van der Waals surface area contributed by atoms with E-state index in [0.29, 0.717) is 29.9 Å². The zero-order valence-electron chi connectivity index (χ0n) is 21.5. The number of anilines is 1. The first-order chi connectivity index (χ1) is 16.2. The maximum Gasteiger partial charge on any atom is 0.256 e. The fourth-order valence-electron chi connectivity index (χ4n) is 4.78. The molecule has 7 heteroatoms. The van der Waals surface area contributed by atoms with Crippen LogP contribution >= 0.6 is 0 Å². The number of rotatable bonds is 3. The SMILES string of the molecule is CC(C)(C)c1cc(/C=C2\C(=O)Nc3ccc(S(=O)(=O)N4CCCCC4)cc32)cc(C(C)(C)C)c1O. The largest absolute Gasteiger partial charge is 0.507 e. The number of phenols is 1. The van der Waals surface area contributed by atoms with E-state index < -0.39 is 10.0 Å². The summed E-state index contributed by atoms with van der Waals surface area (Å²) in [4.78, 5) is 13.1. The molecule has 188 valence electrons. The van der Waals surface area contributed by atoms with Crippen LogP contribution in [0.4, 0.5) is 5.69 Å². The minimum Gasteiger partial charge on any atom is -0.507 e. The van der Waals surface area contributed by atoms with E-state index in [-0.39, 0.29) is 27.4 Å². The number of nitrogens with zero attached hydrogens (tertiary/aromatic N) is 1. The van der Waals surface area contributed by atoms with Gasteiger partial charge in [0.2, 0.25) is 10.0 Å². The zero-order valence-corrected chi connectivity index (χ0v) is 22.3. The van der Waals surface area contributed by atoms with Crippen LogP contribution in [0.1, 0.15) is 83.1 Å². The molecule has 2 aliphatic heterocycles. The van der Waals surface area contributed by atoms with Crippen molar-refractivity contribution in [3.63, 3.8) is 0 Å². The van der Waals surface area contributed by atoms with E-state index in [1.165, 1.54) is 4.31 Å². The van der Waals surface area contributed by atoms with Crippen LogP contribution in [0.2, 0.25) is 0 Å². The first kappa shape index (κ1) is 25.5. The summed E-state index contributed by atoms with van der Waals surface area (Å²) in [7, 11) is -3.62. The van der Waals surface area contributed by atoms with Crippen molar-refractivity contribution in [3.8, 4) is 5.75 Å². The minimum atomic E-state index is -3.62. The Balaban J connectivity index is 1.83. The topological polar surface area (TPSA) is 86.7 Å². The maximum absolute atomic E-state index is 13.3. The standard InChI is InChI=1S/C28H36N2O4S/c1-27(2,3)22-15-18(16-23(25(22)31)28(4,5)6)14-21-20-17-19(10-11-24(20)29-26(21)32)35(33,34)30-12-8-7-9-13-30/h10-11,14-17,31H,7-9,12-13H2,1-6H3,(H,29,32)/b21-14-. The van der Waals surface area contributed by atoms with Crippen LogP contribution in [0.15, 0.2) is 35.2 Å². The summed E-state index contributed by atoms with van der Waals surface area (Å²) in [5.74, 6) is 0.00791. The average Bonchev–Trinajstić information content (AvgIpc) is 3.08. The van der Waals surface area contributed by atoms with Crippen molar-refractivity contribution in [2.24, 2.45) is 0 Å². The Labute approximate surface area is 209 Å². The molecule has 35 heavy (non-hydrogen) atoms. The van der Waals surface area contributed by atoms with Crippen molar-refractivity contribution < 1.29 is 18.3 Å². The lowest BCUT2D eigenvalue weighted by molar-refractivity contribution is -0.110. The number of hydrogen-bond donors (Lipinski definition) is 2. The monoisotopic (exact) mass is 496 g/mol. The number of carbonyl (C=O) groups is 1. The molecule has 4 rings (SSSR count). The highest BCUT2D eigenvalue weighted by atomic mass is 32.2. The second-order valence-electron chi connectivity index (χ2n) is 11.6. The van der Waals surface area contributed by atoms with E-state index in [9.17, 15) is 18.3 Å². The Morgan fingerprint density at radius 3 is 2.03 bits per heavy atom. The van der Waals surface area contributed by atoms with Gasteiger partial charge in [-0.1, -0.05) is 48.0 Å². The second kappa shape index (κ2) is 8.79. The van der Waals surface area contributed by atoms with Gasteiger partial charge in [-0.3, -0.25) is 4.79 Å². The molecule has 2 aromatic carbocycles. The quantitative estimate of drug-likeness (QED) is 0.537. The lowest BCUT2D eigenvalue weighted by Gasteiger charge is -2.28. The van der Waals surface area contributed by atoms with Gasteiger partial charge < -0.3 is 10.4 Å². The summed E-state index contributed by atoms with van der Waals surface area (Å²) in [6.45, 7) is 13.3. The van der Waals surface area contributed by atoms with Gasteiger partial charge in [-0.15, -0.1) is 0 Å². The number of fused-ring (bicyclic) bond motifs is 1. The molecule has 6 nitrogen and oxygen atoms in total. The Morgan fingerprint density at radius 2 is 1.49 bits per heavy atom. The molecule has 0 aliphatic carbocycles. The zero-order chi connectivity index (χ0) is 25.8. The number of sulfonamides is 1. The summed E-state index contributed by atoms with van der Waals surface area (Å²) in [5, 5.41) is 13.9. The molecule has 1 saturated heterocycles. The summed E-state index contributed by atoms with van der Waals surface area (Å²) in [5.41, 5.74) is 3.39. The van der Waals surface area contributed by atoms with E-state index in [4.69, 9.17) is 0 Å². The molecule has 0 aromatic heterocycles. The molecule has 2 aromatic rings. The molecule has 1 amide bonds. The number of benzene rings is 2. The van der Waals surface area contributed by atoms with Crippen LogP contribution in [0.3, 0.4) is 0 Å². The number of piperidine rings is 1. The first-order valence-electron chi connectivity index (χ1n) is 12.3. The van der Waals surface area contributed by atoms with Crippen molar-refractivity contribution in [1.29, 1.82) is 0 Å². The first-order valence-corrected chi connectivity index (χ1v) is 13.7. The molecule has 2 N–H and O–H groups in total. The van der Waals surface area contributed by atoms with Gasteiger partial charge >= 0.3 is 0 Å². The van der Waals surface area contributed by atoms with Gasteiger partial charge in [0.25, 0.3) is 5.91 Å². The number of nitrogens with one attached hydrogen (secondary N) is 1. The number of phenolic OH excluding ortho intramolecular Hbond substituents is 1. The molecule has 0 atom stereocenters. The Hall–Kier alpha value is -2.64. The van der Waals surface area contributed by atoms with Crippen LogP contribution < -0.4 is 5.32 Å². The molecule has 2 aliphatic rings. The van der Waals surface area contributed by atoms with E-state index in [1.54, 1.807) is 24.3 Å². The third-order valence-corrected chi connectivity index (χ3v) is 8.68. The highest BCUT2D eigenvalue weighted by molar-refractivity contribution is 7.89. The lowest BCUT2D eigenvalue weighted by atomic mass is 9.78. The highest BCUT2D eigenvalue weighted by Crippen LogP contribution is 2.41. The molecule has 0 unspecified atom stereocenters. The molecule has 2 heterocycles. The van der Waals surface area contributed by atoms with Crippen LogP contribution in [0.25, 0.3) is 11.6 Å². The summed E-state index contributed by atoms with van der Waals surface area (Å²) < 4.78 is 28.0. The smallest absolute Gasteiger partial charge is 0.256 e. The van der Waals surface area contributed by atoms with E-state index in [2.05, 4.69) is 5.32 Å². The second-order valence-corrected chi connectivity index (χ2v) is 13.6. The predicted molar refractivity (Wildman–Crippen MR) is 141 cm³/mol. The number of aromatic hydroxyl groups is 1. The summed E-state index contributed by atoms with van der Waals surface area (Å²) >= 11 is 0. The molecule has 0 bridgehead atoms. The molecular formula is C28H36N2O4S. The van der Waals surface area contributed by atoms with Gasteiger partial charge in [0.05, 0.1) is 4.90 Å². The lowest BCUT2D eigenvalue weighted by Crippen LogP contribution is -2.35. The average molecular weight is 497 g/mol. The molecular weight excluding hydrogens is 460 g/mol. The van der Waals surface area contributed by atoms with Gasteiger partial charge in [0.1, 0.15) is 5.75 Å². The van der Waals surface area contributed by atoms with Crippen LogP contribution in [-0.4, -0.2) is 36.8 Å². The molecule has 0 spiro atoms. The number of carbonyl (C=O) groups excluding carboxylic acids is 1. The van der Waals surface area contributed by atoms with Crippen LogP contribution in [0.5, 0.6) is 5.75 Å². The van der Waals surface area contributed by atoms with E-state index in [1.807, 2.05) is 53.7 Å². The Morgan fingerprint density at radius 1 is 0.914 bits per heavy atom. The Kier molecular flexibility index (Phi) is 6.39. The van der Waals surface area contributed by atoms with Crippen LogP contribution in [0, 0.1) is 0 Å². The molecule has 0 radical (unpaired) electrons. The predicted octanol–water partition coefficient (Wildman–Crippen LogP) is 5.65. The normalized spacial score (nSPS) is 18.6. The fraction of sp³-hybridized carbons (Fsp3) is 0.464. The van der Waals surface area contributed by atoms with Gasteiger partial charge in [0.15, 0.2) is 0 Å². The maximum atomic E-state index is 13.3. The molecule has 1 fully saturated rings. The van der Waals surface area contributed by atoms with Gasteiger partial charge in [0, 0.05) is 41.0 Å². The highest BCUT2D eigenvalue weighted by Gasteiger charge is 2.31. The fourth-order valence-corrected chi connectivity index (χ4v) is 6.32. The third kappa shape index (κ3) is 4.89. The van der Waals surface area contributed by atoms with Gasteiger partial charge in [-0.2, -0.15) is 4.31 Å². The van der Waals surface area contributed by atoms with E-state index >= 15 is 0 Å². The van der Waals surface area contributed by atoms with Crippen molar-refractivity contribution in [2.75, 3.05) is 18.4 Å².